The van der Waals surface area contributed by atoms with Crippen molar-refractivity contribution in [2.75, 3.05) is 0 Å². The van der Waals surface area contributed by atoms with Crippen LogP contribution in [0.25, 0.3) is 0 Å². The van der Waals surface area contributed by atoms with Crippen molar-refractivity contribution in [3.8, 4) is 0 Å². The maximum Gasteiger partial charge on any atom is 0.0602 e. The van der Waals surface area contributed by atoms with Gasteiger partial charge in [0.2, 0.25) is 0 Å². The number of thioether (sulfide) groups is 1. The van der Waals surface area contributed by atoms with Gasteiger partial charge in [0, 0.05) is 10.3 Å². The van der Waals surface area contributed by atoms with E-state index in [9.17, 15) is 0 Å². The summed E-state index contributed by atoms with van der Waals surface area (Å²) in [6.45, 7) is 0. The third kappa shape index (κ3) is 0.846. The van der Waals surface area contributed by atoms with Crippen molar-refractivity contribution in [2.24, 2.45) is 4.99 Å². The Morgan fingerprint density at radius 2 is 2.56 bits per heavy atom. The molecule has 1 aliphatic carbocycles. The normalized spacial score (nSPS) is 23.1. The lowest BCUT2D eigenvalue weighted by Crippen LogP contribution is -1.77. The molecule has 2 aliphatic rings. The second-order valence-electron chi connectivity index (χ2n) is 2.20. The largest absolute Gasteiger partial charge is 0.209 e. The molecular weight excluding hydrogens is 130 g/mol. The summed E-state index contributed by atoms with van der Waals surface area (Å²) in [4.78, 5) is 5.61. The van der Waals surface area contributed by atoms with Gasteiger partial charge >= 0.3 is 0 Å². The van der Waals surface area contributed by atoms with Crippen LogP contribution in [0, 0.1) is 0 Å². The van der Waals surface area contributed by atoms with Crippen molar-refractivity contribution in [3.05, 3.63) is 16.0 Å². The van der Waals surface area contributed by atoms with Crippen LogP contribution in [0.1, 0.15) is 19.3 Å². The molecule has 1 heterocycles. The quantitative estimate of drug-likeness (QED) is 0.499. The van der Waals surface area contributed by atoms with Crippen LogP contribution in [0.2, 0.25) is 0 Å². The van der Waals surface area contributed by atoms with Crippen LogP contribution in [-0.2, 0) is 0 Å². The van der Waals surface area contributed by atoms with E-state index in [0.717, 1.165) is 0 Å². The standard InChI is InChI=1S/C7H7NS/c1-2-6-7(3-1)9-5-4-8-6/h5H,1-3H2. The van der Waals surface area contributed by atoms with Crippen LogP contribution in [0.3, 0.4) is 0 Å². The van der Waals surface area contributed by atoms with E-state index >= 15 is 0 Å². The average molecular weight is 137 g/mol. The van der Waals surface area contributed by atoms with Gasteiger partial charge in [-0.2, -0.15) is 0 Å². The van der Waals surface area contributed by atoms with E-state index in [1.165, 1.54) is 29.9 Å². The molecular formula is C7H7NS. The van der Waals surface area contributed by atoms with Crippen LogP contribution in [0.5, 0.6) is 0 Å². The Morgan fingerprint density at radius 3 is 3.44 bits per heavy atom. The van der Waals surface area contributed by atoms with Gasteiger partial charge in [-0.25, -0.2) is 4.99 Å². The average Bonchev–Trinajstić information content (AvgIpc) is 2.33. The minimum atomic E-state index is 1.17. The number of hydrogen-bond acceptors (Lipinski definition) is 2. The maximum atomic E-state index is 4.14. The van der Waals surface area contributed by atoms with Crippen molar-refractivity contribution in [1.29, 1.82) is 0 Å². The highest BCUT2D eigenvalue weighted by molar-refractivity contribution is 8.06. The molecule has 0 aromatic carbocycles. The molecule has 1 aliphatic heterocycles. The maximum absolute atomic E-state index is 4.14. The molecule has 0 N–H and O–H groups in total. The zero-order chi connectivity index (χ0) is 6.10. The lowest BCUT2D eigenvalue weighted by atomic mass is 10.3. The molecule has 0 fully saturated rings. The first-order valence-electron chi connectivity index (χ1n) is 3.13. The fraction of sp³-hybridized carbons (Fsp3) is 0.429. The van der Waals surface area contributed by atoms with E-state index in [1.54, 1.807) is 11.8 Å². The molecule has 2 rings (SSSR count). The number of allylic oxidation sites excluding steroid dienone is 2. The summed E-state index contributed by atoms with van der Waals surface area (Å²) >= 11 is 1.78. The molecule has 9 heavy (non-hydrogen) atoms. The van der Waals surface area contributed by atoms with Crippen LogP contribution < -0.4 is 0 Å². The Hall–Kier alpha value is -0.460. The summed E-state index contributed by atoms with van der Waals surface area (Å²) in [5.41, 5.74) is 1.28. The second kappa shape index (κ2) is 2.05. The molecule has 0 aromatic heterocycles. The summed E-state index contributed by atoms with van der Waals surface area (Å²) in [5, 5.41) is 1.93. The van der Waals surface area contributed by atoms with Gasteiger partial charge in [-0.05, 0) is 25.1 Å². The molecule has 0 saturated carbocycles. The monoisotopic (exact) mass is 137 g/mol. The third-order valence-corrected chi connectivity index (χ3v) is 2.54. The summed E-state index contributed by atoms with van der Waals surface area (Å²) in [6, 6.07) is 0. The van der Waals surface area contributed by atoms with Gasteiger partial charge in [-0.3, -0.25) is 0 Å². The lowest BCUT2D eigenvalue weighted by molar-refractivity contribution is 0.900. The molecule has 0 spiro atoms. The van der Waals surface area contributed by atoms with Gasteiger partial charge in [0.1, 0.15) is 0 Å². The molecule has 0 unspecified atom stereocenters. The van der Waals surface area contributed by atoms with Crippen molar-refractivity contribution in [2.45, 2.75) is 19.3 Å². The number of rotatable bonds is 0. The van der Waals surface area contributed by atoms with E-state index in [2.05, 4.69) is 10.9 Å². The molecule has 0 radical (unpaired) electrons. The van der Waals surface area contributed by atoms with E-state index in [4.69, 9.17) is 0 Å². The Bertz CT molecular complexity index is 221. The van der Waals surface area contributed by atoms with Gasteiger partial charge in [-0.1, -0.05) is 11.8 Å². The van der Waals surface area contributed by atoms with Crippen molar-refractivity contribution in [1.82, 2.24) is 0 Å². The van der Waals surface area contributed by atoms with Crippen molar-refractivity contribution >= 4 is 17.6 Å². The highest BCUT2D eigenvalue weighted by atomic mass is 32.2. The first-order valence-corrected chi connectivity index (χ1v) is 4.01. The van der Waals surface area contributed by atoms with Gasteiger partial charge in [0.25, 0.3) is 0 Å². The van der Waals surface area contributed by atoms with Gasteiger partial charge in [-0.15, -0.1) is 0 Å². The first kappa shape index (κ1) is 5.33. The number of nitrogens with zero attached hydrogens (tertiary/aromatic N) is 1. The molecule has 1 nitrogen and oxygen atoms in total. The highest BCUT2D eigenvalue weighted by Gasteiger charge is 2.14. The van der Waals surface area contributed by atoms with Crippen molar-refractivity contribution < 1.29 is 0 Å². The smallest absolute Gasteiger partial charge is 0.0602 e. The first-order chi connectivity index (χ1) is 4.47. The molecule has 46 valence electrons. The van der Waals surface area contributed by atoms with E-state index in [-0.39, 0.29) is 0 Å². The molecule has 0 bridgehead atoms. The van der Waals surface area contributed by atoms with Crippen LogP contribution in [0.4, 0.5) is 0 Å². The number of hydrogen-bond donors (Lipinski definition) is 0. The zero-order valence-corrected chi connectivity index (χ0v) is 5.87. The number of aliphatic imine (C=N–C) groups is 1. The summed E-state index contributed by atoms with van der Waals surface area (Å²) in [5.74, 6) is 2.86. The minimum absolute atomic E-state index is 1.17. The molecule has 0 amide bonds. The van der Waals surface area contributed by atoms with Crippen LogP contribution in [-0.4, -0.2) is 5.87 Å². The fourth-order valence-electron chi connectivity index (χ4n) is 1.15. The van der Waals surface area contributed by atoms with E-state index in [0.29, 0.717) is 0 Å². The molecule has 2 heteroatoms. The summed E-state index contributed by atoms with van der Waals surface area (Å²) < 4.78 is 0. The Morgan fingerprint density at radius 1 is 1.56 bits per heavy atom. The summed E-state index contributed by atoms with van der Waals surface area (Å²) in [7, 11) is 0. The summed E-state index contributed by atoms with van der Waals surface area (Å²) in [6.07, 6.45) is 3.70. The van der Waals surface area contributed by atoms with Crippen molar-refractivity contribution in [3.63, 3.8) is 0 Å². The molecule has 0 aromatic rings. The van der Waals surface area contributed by atoms with E-state index < -0.39 is 0 Å². The molecule has 0 saturated heterocycles. The van der Waals surface area contributed by atoms with Gasteiger partial charge in [0.05, 0.1) is 5.70 Å². The predicted octanol–water partition coefficient (Wildman–Crippen LogP) is 2.31. The topological polar surface area (TPSA) is 12.4 Å². The Balaban J connectivity index is 2.37. The van der Waals surface area contributed by atoms with Gasteiger partial charge in [0.15, 0.2) is 0 Å². The lowest BCUT2D eigenvalue weighted by Gasteiger charge is -1.98. The van der Waals surface area contributed by atoms with E-state index in [1.807, 2.05) is 5.41 Å². The molecule has 0 atom stereocenters. The van der Waals surface area contributed by atoms with Gasteiger partial charge < -0.3 is 0 Å². The predicted molar refractivity (Wildman–Crippen MR) is 40.5 cm³/mol. The SMILES string of the molecule is C1=CSC2=C(CCC2)N=1. The third-order valence-electron chi connectivity index (χ3n) is 1.59. The minimum Gasteiger partial charge on any atom is -0.209 e. The highest BCUT2D eigenvalue weighted by Crippen LogP contribution is 2.36. The Kier molecular flexibility index (Phi) is 1.22. The van der Waals surface area contributed by atoms with Crippen LogP contribution >= 0.6 is 11.8 Å². The zero-order valence-electron chi connectivity index (χ0n) is 5.05. The Labute approximate surface area is 58.6 Å². The second-order valence-corrected chi connectivity index (χ2v) is 3.16. The fourth-order valence-corrected chi connectivity index (χ4v) is 1.94. The van der Waals surface area contributed by atoms with Crippen LogP contribution in [0.15, 0.2) is 21.0 Å².